The predicted molar refractivity (Wildman–Crippen MR) is 85.3 cm³/mol. The lowest BCUT2D eigenvalue weighted by molar-refractivity contribution is -0.140. The van der Waals surface area contributed by atoms with Crippen molar-refractivity contribution >= 4 is 23.2 Å². The van der Waals surface area contributed by atoms with Gasteiger partial charge >= 0.3 is 5.97 Å². The Balaban J connectivity index is 2.83. The summed E-state index contributed by atoms with van der Waals surface area (Å²) >= 11 is 1.43. The van der Waals surface area contributed by atoms with E-state index in [2.05, 4.69) is 16.6 Å². The highest BCUT2D eigenvalue weighted by Gasteiger charge is 2.22. The van der Waals surface area contributed by atoms with Crippen LogP contribution in [0.15, 0.2) is 0 Å². The summed E-state index contributed by atoms with van der Waals surface area (Å²) in [4.78, 5) is 30.7. The van der Waals surface area contributed by atoms with Crippen molar-refractivity contribution < 1.29 is 19.1 Å². The SMILES string of the molecule is CCCc1nc(C)c(C(=O)N(CCOC)CCC(=O)OC)s1. The average Bonchev–Trinajstić information content (AvgIpc) is 2.87. The normalized spacial score (nSPS) is 10.5. The number of carbonyl (C=O) groups excluding carboxylic acids is 2. The Morgan fingerprint density at radius 2 is 2.00 bits per heavy atom. The van der Waals surface area contributed by atoms with E-state index in [-0.39, 0.29) is 18.3 Å². The van der Waals surface area contributed by atoms with E-state index in [0.717, 1.165) is 23.5 Å². The smallest absolute Gasteiger partial charge is 0.307 e. The fourth-order valence-electron chi connectivity index (χ4n) is 1.96. The summed E-state index contributed by atoms with van der Waals surface area (Å²) < 4.78 is 9.68. The molecule has 22 heavy (non-hydrogen) atoms. The molecule has 0 saturated heterocycles. The number of aryl methyl sites for hydroxylation is 2. The molecule has 1 aromatic rings. The second-order valence-electron chi connectivity index (χ2n) is 4.88. The molecule has 0 unspecified atom stereocenters. The van der Waals surface area contributed by atoms with E-state index in [9.17, 15) is 9.59 Å². The van der Waals surface area contributed by atoms with Gasteiger partial charge in [-0.05, 0) is 19.8 Å². The molecule has 0 radical (unpaired) electrons. The molecule has 1 aromatic heterocycles. The number of hydrogen-bond acceptors (Lipinski definition) is 6. The van der Waals surface area contributed by atoms with E-state index < -0.39 is 0 Å². The third-order valence-electron chi connectivity index (χ3n) is 3.17. The minimum absolute atomic E-state index is 0.0988. The molecule has 1 rings (SSSR count). The summed E-state index contributed by atoms with van der Waals surface area (Å²) in [6.07, 6.45) is 2.04. The predicted octanol–water partition coefficient (Wildman–Crippen LogP) is 2.06. The van der Waals surface area contributed by atoms with Crippen LogP contribution in [0, 0.1) is 6.92 Å². The van der Waals surface area contributed by atoms with Gasteiger partial charge < -0.3 is 14.4 Å². The zero-order chi connectivity index (χ0) is 16.5. The second kappa shape index (κ2) is 9.53. The maximum absolute atomic E-state index is 12.7. The molecule has 0 aliphatic rings. The monoisotopic (exact) mass is 328 g/mol. The van der Waals surface area contributed by atoms with Crippen molar-refractivity contribution in [1.82, 2.24) is 9.88 Å². The Morgan fingerprint density at radius 3 is 2.59 bits per heavy atom. The first-order valence-corrected chi connectivity index (χ1v) is 8.16. The van der Waals surface area contributed by atoms with Gasteiger partial charge in [-0.15, -0.1) is 11.3 Å². The highest BCUT2D eigenvalue weighted by atomic mass is 32.1. The number of esters is 1. The summed E-state index contributed by atoms with van der Waals surface area (Å²) in [6, 6.07) is 0. The van der Waals surface area contributed by atoms with Gasteiger partial charge in [0.2, 0.25) is 0 Å². The summed E-state index contributed by atoms with van der Waals surface area (Å²) in [5.74, 6) is -0.429. The fourth-order valence-corrected chi connectivity index (χ4v) is 3.09. The molecular weight excluding hydrogens is 304 g/mol. The molecule has 0 spiro atoms. The lowest BCUT2D eigenvalue weighted by atomic mass is 10.3. The Kier molecular flexibility index (Phi) is 8.05. The Morgan fingerprint density at radius 1 is 1.27 bits per heavy atom. The van der Waals surface area contributed by atoms with E-state index in [4.69, 9.17) is 4.74 Å². The number of hydrogen-bond donors (Lipinski definition) is 0. The van der Waals surface area contributed by atoms with Gasteiger partial charge in [0.05, 0.1) is 30.8 Å². The molecule has 0 fully saturated rings. The summed E-state index contributed by atoms with van der Waals surface area (Å²) in [7, 11) is 2.92. The van der Waals surface area contributed by atoms with E-state index in [1.807, 2.05) is 6.92 Å². The molecule has 124 valence electrons. The summed E-state index contributed by atoms with van der Waals surface area (Å²) in [5, 5.41) is 0.975. The van der Waals surface area contributed by atoms with E-state index in [0.29, 0.717) is 24.6 Å². The van der Waals surface area contributed by atoms with Crippen LogP contribution in [0.2, 0.25) is 0 Å². The van der Waals surface area contributed by atoms with Crippen molar-refractivity contribution in [1.29, 1.82) is 0 Å². The topological polar surface area (TPSA) is 68.7 Å². The number of thiazole rings is 1. The second-order valence-corrected chi connectivity index (χ2v) is 5.97. The van der Waals surface area contributed by atoms with Gasteiger partial charge in [-0.3, -0.25) is 9.59 Å². The number of ether oxygens (including phenoxy) is 2. The molecule has 1 amide bonds. The first-order valence-electron chi connectivity index (χ1n) is 7.34. The molecule has 0 aliphatic carbocycles. The van der Waals surface area contributed by atoms with Crippen molar-refractivity contribution in [3.05, 3.63) is 15.6 Å². The molecule has 6 nitrogen and oxygen atoms in total. The lowest BCUT2D eigenvalue weighted by Crippen LogP contribution is -2.35. The van der Waals surface area contributed by atoms with Gasteiger partial charge in [0.1, 0.15) is 4.88 Å². The van der Waals surface area contributed by atoms with Crippen molar-refractivity contribution in [3.63, 3.8) is 0 Å². The Hall–Kier alpha value is -1.47. The highest BCUT2D eigenvalue weighted by molar-refractivity contribution is 7.13. The molecule has 7 heteroatoms. The van der Waals surface area contributed by atoms with Crippen LogP contribution in [-0.4, -0.2) is 55.7 Å². The van der Waals surface area contributed by atoms with Crippen molar-refractivity contribution in [2.24, 2.45) is 0 Å². The maximum atomic E-state index is 12.7. The zero-order valence-corrected chi connectivity index (χ0v) is 14.5. The van der Waals surface area contributed by atoms with Crippen LogP contribution in [0.25, 0.3) is 0 Å². The largest absolute Gasteiger partial charge is 0.469 e. The van der Waals surface area contributed by atoms with Crippen LogP contribution in [-0.2, 0) is 20.7 Å². The average molecular weight is 328 g/mol. The van der Waals surface area contributed by atoms with Crippen LogP contribution in [0.4, 0.5) is 0 Å². The van der Waals surface area contributed by atoms with Crippen LogP contribution in [0.1, 0.15) is 40.1 Å². The number of amides is 1. The summed E-state index contributed by atoms with van der Waals surface area (Å²) in [5.41, 5.74) is 0.749. The van der Waals surface area contributed by atoms with Gasteiger partial charge in [-0.1, -0.05) is 6.92 Å². The maximum Gasteiger partial charge on any atom is 0.307 e. The minimum atomic E-state index is -0.331. The van der Waals surface area contributed by atoms with Crippen molar-refractivity contribution in [3.8, 4) is 0 Å². The van der Waals surface area contributed by atoms with Gasteiger partial charge in [0.15, 0.2) is 0 Å². The number of rotatable bonds is 9. The lowest BCUT2D eigenvalue weighted by Gasteiger charge is -2.21. The molecular formula is C15H24N2O4S. The Bertz CT molecular complexity index is 502. The number of methoxy groups -OCH3 is 2. The number of nitrogens with zero attached hydrogens (tertiary/aromatic N) is 2. The first-order chi connectivity index (χ1) is 10.5. The molecule has 0 bridgehead atoms. The van der Waals surface area contributed by atoms with Crippen molar-refractivity contribution in [2.45, 2.75) is 33.1 Å². The van der Waals surface area contributed by atoms with Gasteiger partial charge in [-0.2, -0.15) is 0 Å². The molecule has 0 aromatic carbocycles. The van der Waals surface area contributed by atoms with Crippen molar-refractivity contribution in [2.75, 3.05) is 33.9 Å². The Labute approximate surface area is 135 Å². The van der Waals surface area contributed by atoms with Crippen LogP contribution in [0.5, 0.6) is 0 Å². The molecule has 0 N–H and O–H groups in total. The quantitative estimate of drug-likeness (QED) is 0.649. The van der Waals surface area contributed by atoms with E-state index in [1.165, 1.54) is 18.4 Å². The molecule has 1 heterocycles. The highest BCUT2D eigenvalue weighted by Crippen LogP contribution is 2.21. The van der Waals surface area contributed by atoms with Gasteiger partial charge in [0, 0.05) is 20.2 Å². The van der Waals surface area contributed by atoms with E-state index >= 15 is 0 Å². The zero-order valence-electron chi connectivity index (χ0n) is 13.7. The molecule has 0 atom stereocenters. The fraction of sp³-hybridized carbons (Fsp3) is 0.667. The van der Waals surface area contributed by atoms with Gasteiger partial charge in [0.25, 0.3) is 5.91 Å². The first kappa shape index (κ1) is 18.6. The number of aromatic nitrogens is 1. The molecule has 0 saturated carbocycles. The standard InChI is InChI=1S/C15H24N2O4S/c1-5-6-12-16-11(2)14(22-12)15(19)17(9-10-20-3)8-7-13(18)21-4/h5-10H2,1-4H3. The minimum Gasteiger partial charge on any atom is -0.469 e. The summed E-state index contributed by atoms with van der Waals surface area (Å²) in [6.45, 7) is 5.10. The third kappa shape index (κ3) is 5.38. The van der Waals surface area contributed by atoms with Crippen LogP contribution in [0.3, 0.4) is 0 Å². The van der Waals surface area contributed by atoms with Gasteiger partial charge in [-0.25, -0.2) is 4.98 Å². The van der Waals surface area contributed by atoms with E-state index in [1.54, 1.807) is 12.0 Å². The third-order valence-corrected chi connectivity index (χ3v) is 4.37. The molecule has 0 aliphatic heterocycles. The van der Waals surface area contributed by atoms with Crippen LogP contribution < -0.4 is 0 Å². The number of carbonyl (C=O) groups is 2. The van der Waals surface area contributed by atoms with Crippen LogP contribution >= 0.6 is 11.3 Å².